The molecular weight excluding hydrogens is 246 g/mol. The van der Waals surface area contributed by atoms with Crippen molar-refractivity contribution in [2.24, 2.45) is 5.92 Å². The van der Waals surface area contributed by atoms with Gasteiger partial charge in [0.2, 0.25) is 5.95 Å². The summed E-state index contributed by atoms with van der Waals surface area (Å²) in [5, 5.41) is 24.6. The summed E-state index contributed by atoms with van der Waals surface area (Å²) in [5.74, 6) is 0.162. The van der Waals surface area contributed by atoms with Crippen LogP contribution in [0.15, 0.2) is 0 Å². The highest BCUT2D eigenvalue weighted by Gasteiger charge is 2.23. The molecule has 1 aliphatic rings. The van der Waals surface area contributed by atoms with Crippen LogP contribution in [0, 0.1) is 19.8 Å². The Labute approximate surface area is 109 Å². The number of carbonyl (C=O) groups is 1. The fourth-order valence-electron chi connectivity index (χ4n) is 2.00. The van der Waals surface area contributed by atoms with Crippen LogP contribution in [0.1, 0.15) is 34.5 Å². The summed E-state index contributed by atoms with van der Waals surface area (Å²) >= 11 is 0. The molecule has 0 bridgehead atoms. The first-order valence-corrected chi connectivity index (χ1v) is 6.27. The Morgan fingerprint density at radius 1 is 1.37 bits per heavy atom. The monoisotopic (exact) mass is 261 g/mol. The van der Waals surface area contributed by atoms with Crippen LogP contribution in [-0.2, 0) is 0 Å². The minimum Gasteiger partial charge on any atom is -0.476 e. The quantitative estimate of drug-likeness (QED) is 0.860. The highest BCUT2D eigenvalue weighted by atomic mass is 16.4. The maximum absolute atomic E-state index is 11.2. The first-order chi connectivity index (χ1) is 9.08. The van der Waals surface area contributed by atoms with E-state index in [2.05, 4.69) is 20.6 Å². The van der Waals surface area contributed by atoms with Crippen molar-refractivity contribution in [2.45, 2.75) is 26.7 Å². The van der Waals surface area contributed by atoms with E-state index in [0.29, 0.717) is 23.1 Å². The van der Waals surface area contributed by atoms with Gasteiger partial charge in [-0.15, -0.1) is 10.2 Å². The zero-order valence-corrected chi connectivity index (χ0v) is 10.8. The number of nitrogens with one attached hydrogen (secondary N) is 1. The molecule has 0 unspecified atom stereocenters. The summed E-state index contributed by atoms with van der Waals surface area (Å²) < 4.78 is 1.48. The number of aromatic nitrogens is 4. The molecule has 0 aromatic carbocycles. The Hall–Kier alpha value is -2.18. The van der Waals surface area contributed by atoms with Crippen molar-refractivity contribution in [3.63, 3.8) is 0 Å². The second-order valence-electron chi connectivity index (χ2n) is 4.99. The van der Waals surface area contributed by atoms with Crippen molar-refractivity contribution in [1.29, 1.82) is 0 Å². The van der Waals surface area contributed by atoms with Gasteiger partial charge in [0, 0.05) is 12.1 Å². The molecule has 2 N–H and O–H groups in total. The number of anilines is 1. The number of aryl methyl sites for hydroxylation is 1. The number of carboxylic acid groups (broad SMARTS) is 1. The molecule has 2 aromatic rings. The standard InChI is InChI=1S/C12H15N5O2/c1-6-7(2)10-14-15-12(13-5-8-3-4-8)17(10)16-9(6)11(18)19/h8H,3-5H2,1-2H3,(H,13,15)(H,18,19). The van der Waals surface area contributed by atoms with Gasteiger partial charge < -0.3 is 10.4 Å². The van der Waals surface area contributed by atoms with Crippen LogP contribution >= 0.6 is 0 Å². The van der Waals surface area contributed by atoms with Crippen molar-refractivity contribution in [3.05, 3.63) is 16.8 Å². The molecule has 0 amide bonds. The van der Waals surface area contributed by atoms with Gasteiger partial charge in [-0.1, -0.05) is 0 Å². The topological polar surface area (TPSA) is 92.4 Å². The van der Waals surface area contributed by atoms with Crippen LogP contribution in [0.4, 0.5) is 5.95 Å². The number of hydrogen-bond acceptors (Lipinski definition) is 5. The maximum Gasteiger partial charge on any atom is 0.356 e. The molecule has 7 heteroatoms. The van der Waals surface area contributed by atoms with E-state index in [1.165, 1.54) is 17.4 Å². The third-order valence-electron chi connectivity index (χ3n) is 3.54. The summed E-state index contributed by atoms with van der Waals surface area (Å²) in [5.41, 5.74) is 2.06. The van der Waals surface area contributed by atoms with Crippen molar-refractivity contribution in [2.75, 3.05) is 11.9 Å². The molecular formula is C12H15N5O2. The first kappa shape index (κ1) is 11.9. The lowest BCUT2D eigenvalue weighted by Gasteiger charge is -2.07. The van der Waals surface area contributed by atoms with E-state index < -0.39 is 5.97 Å². The lowest BCUT2D eigenvalue weighted by molar-refractivity contribution is 0.0688. The predicted octanol–water partition coefficient (Wildman–Crippen LogP) is 1.26. The SMILES string of the molecule is Cc1c(C(=O)O)nn2c(NCC3CC3)nnc2c1C. The second-order valence-corrected chi connectivity index (χ2v) is 4.99. The van der Waals surface area contributed by atoms with Gasteiger partial charge in [-0.3, -0.25) is 0 Å². The Morgan fingerprint density at radius 2 is 2.11 bits per heavy atom. The Kier molecular flexibility index (Phi) is 2.62. The molecule has 1 saturated carbocycles. The smallest absolute Gasteiger partial charge is 0.356 e. The van der Waals surface area contributed by atoms with Crippen molar-refractivity contribution < 1.29 is 9.90 Å². The lowest BCUT2D eigenvalue weighted by Crippen LogP contribution is -2.13. The first-order valence-electron chi connectivity index (χ1n) is 6.27. The molecule has 100 valence electrons. The number of carboxylic acids is 1. The fraction of sp³-hybridized carbons (Fsp3) is 0.500. The summed E-state index contributed by atoms with van der Waals surface area (Å²) in [6.45, 7) is 4.40. The van der Waals surface area contributed by atoms with E-state index in [4.69, 9.17) is 5.11 Å². The summed E-state index contributed by atoms with van der Waals surface area (Å²) in [7, 11) is 0. The molecule has 19 heavy (non-hydrogen) atoms. The second kappa shape index (κ2) is 4.18. The summed E-state index contributed by atoms with van der Waals surface area (Å²) in [6, 6.07) is 0. The van der Waals surface area contributed by atoms with Crippen molar-refractivity contribution in [3.8, 4) is 0 Å². The predicted molar refractivity (Wildman–Crippen MR) is 68.4 cm³/mol. The highest BCUT2D eigenvalue weighted by molar-refractivity contribution is 5.88. The fourth-order valence-corrected chi connectivity index (χ4v) is 2.00. The molecule has 0 radical (unpaired) electrons. The van der Waals surface area contributed by atoms with Gasteiger partial charge in [-0.25, -0.2) is 4.79 Å². The molecule has 0 aliphatic heterocycles. The van der Waals surface area contributed by atoms with E-state index in [9.17, 15) is 4.79 Å². The zero-order chi connectivity index (χ0) is 13.6. The number of fused-ring (bicyclic) bond motifs is 1. The molecule has 2 heterocycles. The zero-order valence-electron chi connectivity index (χ0n) is 10.8. The molecule has 1 fully saturated rings. The normalized spacial score (nSPS) is 14.8. The van der Waals surface area contributed by atoms with Crippen LogP contribution in [0.5, 0.6) is 0 Å². The van der Waals surface area contributed by atoms with Gasteiger partial charge in [0.15, 0.2) is 11.3 Å². The minimum absolute atomic E-state index is 0.0410. The number of hydrogen-bond donors (Lipinski definition) is 2. The van der Waals surface area contributed by atoms with E-state index in [1.54, 1.807) is 6.92 Å². The van der Waals surface area contributed by atoms with E-state index in [-0.39, 0.29) is 5.69 Å². The molecule has 7 nitrogen and oxygen atoms in total. The average molecular weight is 261 g/mol. The molecule has 3 rings (SSSR count). The van der Waals surface area contributed by atoms with E-state index in [1.807, 2.05) is 6.92 Å². The Balaban J connectivity index is 2.06. The van der Waals surface area contributed by atoms with E-state index >= 15 is 0 Å². The third kappa shape index (κ3) is 2.00. The van der Waals surface area contributed by atoms with E-state index in [0.717, 1.165) is 12.1 Å². The molecule has 0 saturated heterocycles. The largest absolute Gasteiger partial charge is 0.476 e. The van der Waals surface area contributed by atoms with Crippen LogP contribution in [0.2, 0.25) is 0 Å². The maximum atomic E-state index is 11.2. The van der Waals surface area contributed by atoms with Gasteiger partial charge >= 0.3 is 5.97 Å². The minimum atomic E-state index is -1.04. The van der Waals surface area contributed by atoms with Gasteiger partial charge in [-0.2, -0.15) is 9.61 Å². The lowest BCUT2D eigenvalue weighted by atomic mass is 10.1. The number of nitrogens with zero attached hydrogens (tertiary/aromatic N) is 4. The Bertz CT molecular complexity index is 660. The third-order valence-corrected chi connectivity index (χ3v) is 3.54. The number of aromatic carboxylic acids is 1. The van der Waals surface area contributed by atoms with Crippen LogP contribution in [0.3, 0.4) is 0 Å². The molecule has 1 aliphatic carbocycles. The average Bonchev–Trinajstić information content (AvgIpc) is 3.11. The highest BCUT2D eigenvalue weighted by Crippen LogP contribution is 2.28. The van der Waals surface area contributed by atoms with Gasteiger partial charge in [0.05, 0.1) is 0 Å². The summed E-state index contributed by atoms with van der Waals surface area (Å²) in [6.07, 6.45) is 2.46. The van der Waals surface area contributed by atoms with Crippen LogP contribution < -0.4 is 5.32 Å². The van der Waals surface area contributed by atoms with Crippen LogP contribution in [-0.4, -0.2) is 37.4 Å². The molecule has 2 aromatic heterocycles. The van der Waals surface area contributed by atoms with Crippen molar-refractivity contribution >= 4 is 17.6 Å². The molecule has 0 atom stereocenters. The molecule has 0 spiro atoms. The van der Waals surface area contributed by atoms with Gasteiger partial charge in [0.1, 0.15) is 0 Å². The van der Waals surface area contributed by atoms with Gasteiger partial charge in [0.25, 0.3) is 0 Å². The Morgan fingerprint density at radius 3 is 2.74 bits per heavy atom. The van der Waals surface area contributed by atoms with Gasteiger partial charge in [-0.05, 0) is 38.2 Å². The summed E-state index contributed by atoms with van der Waals surface area (Å²) in [4.78, 5) is 11.2. The van der Waals surface area contributed by atoms with Crippen LogP contribution in [0.25, 0.3) is 5.65 Å². The van der Waals surface area contributed by atoms with Crippen molar-refractivity contribution in [1.82, 2.24) is 19.8 Å². The number of rotatable bonds is 4.